The van der Waals surface area contributed by atoms with E-state index in [2.05, 4.69) is 0 Å². The molecule has 0 aromatic carbocycles. The molecule has 2 fully saturated rings. The van der Waals surface area contributed by atoms with Gasteiger partial charge in [-0.25, -0.2) is 0 Å². The molecule has 0 N–H and O–H groups in total. The van der Waals surface area contributed by atoms with E-state index in [9.17, 15) is 14.4 Å². The Kier molecular flexibility index (Phi) is 5.39. The summed E-state index contributed by atoms with van der Waals surface area (Å²) >= 11 is 0. The van der Waals surface area contributed by atoms with Gasteiger partial charge in [0.2, 0.25) is 0 Å². The van der Waals surface area contributed by atoms with Crippen molar-refractivity contribution in [2.45, 2.75) is 50.6 Å². The molecule has 7 nitrogen and oxygen atoms in total. The molecule has 0 unspecified atom stereocenters. The molecule has 2 aliphatic heterocycles. The van der Waals surface area contributed by atoms with Crippen molar-refractivity contribution < 1.29 is 33.3 Å². The van der Waals surface area contributed by atoms with E-state index in [1.807, 2.05) is 0 Å². The van der Waals surface area contributed by atoms with E-state index in [0.29, 0.717) is 5.75 Å². The average Bonchev–Trinajstić information content (AvgIpc) is 2.38. The van der Waals surface area contributed by atoms with Gasteiger partial charge in [-0.3, -0.25) is 14.4 Å². The quantitative estimate of drug-likeness (QED) is 0.424. The number of carbonyl (C=O) groups excluding carboxylic acids is 3. The van der Waals surface area contributed by atoms with Gasteiger partial charge in [0.25, 0.3) is 0 Å². The SMILES string of the molecule is CC(=O)O[C@H]1[C@H](OC(C)=O)[C@H]2CSS[C@H](O2)[C@H]1OC(C)=O. The first kappa shape index (κ1) is 16.4. The van der Waals surface area contributed by atoms with Crippen molar-refractivity contribution in [2.75, 3.05) is 5.75 Å². The predicted octanol–water partition coefficient (Wildman–Crippen LogP) is 0.901. The number of ether oxygens (including phenoxy) is 4. The molecule has 118 valence electrons. The Morgan fingerprint density at radius 2 is 1.43 bits per heavy atom. The summed E-state index contributed by atoms with van der Waals surface area (Å²) in [7, 11) is 2.94. The summed E-state index contributed by atoms with van der Waals surface area (Å²) < 4.78 is 21.5. The normalized spacial score (nSPS) is 34.7. The molecule has 5 atom stereocenters. The van der Waals surface area contributed by atoms with Crippen LogP contribution in [-0.2, 0) is 33.3 Å². The van der Waals surface area contributed by atoms with Crippen LogP contribution in [0.25, 0.3) is 0 Å². The van der Waals surface area contributed by atoms with Gasteiger partial charge in [0, 0.05) is 26.5 Å². The zero-order chi connectivity index (χ0) is 15.6. The smallest absolute Gasteiger partial charge is 0.303 e. The average molecular weight is 336 g/mol. The largest absolute Gasteiger partial charge is 0.456 e. The maximum Gasteiger partial charge on any atom is 0.303 e. The third-order valence-electron chi connectivity index (χ3n) is 2.89. The first-order valence-corrected chi connectivity index (χ1v) is 8.72. The third kappa shape index (κ3) is 4.04. The van der Waals surface area contributed by atoms with Crippen molar-refractivity contribution in [1.29, 1.82) is 0 Å². The van der Waals surface area contributed by atoms with Crippen molar-refractivity contribution >= 4 is 39.5 Å². The van der Waals surface area contributed by atoms with Gasteiger partial charge in [0.15, 0.2) is 23.7 Å². The predicted molar refractivity (Wildman–Crippen MR) is 75.4 cm³/mol. The third-order valence-corrected chi connectivity index (χ3v) is 5.45. The van der Waals surface area contributed by atoms with Crippen molar-refractivity contribution in [3.63, 3.8) is 0 Å². The Balaban J connectivity index is 2.27. The summed E-state index contributed by atoms with van der Waals surface area (Å²) in [5.74, 6) is -0.975. The Morgan fingerprint density at radius 3 is 2.00 bits per heavy atom. The lowest BCUT2D eigenvalue weighted by Crippen LogP contribution is -2.62. The van der Waals surface area contributed by atoms with Crippen molar-refractivity contribution in [2.24, 2.45) is 0 Å². The van der Waals surface area contributed by atoms with E-state index in [4.69, 9.17) is 18.9 Å². The molecule has 2 rings (SSSR count). The molecule has 2 heterocycles. The molecule has 0 aromatic rings. The molecule has 0 radical (unpaired) electrons. The number of rotatable bonds is 3. The van der Waals surface area contributed by atoms with Crippen LogP contribution in [0.2, 0.25) is 0 Å². The minimum Gasteiger partial charge on any atom is -0.456 e. The molecule has 0 aromatic heterocycles. The van der Waals surface area contributed by atoms with E-state index in [0.717, 1.165) is 0 Å². The molecule has 21 heavy (non-hydrogen) atoms. The fourth-order valence-electron chi connectivity index (χ4n) is 2.24. The fourth-order valence-corrected chi connectivity index (χ4v) is 4.87. The molecule has 0 saturated carbocycles. The van der Waals surface area contributed by atoms with E-state index in [1.54, 1.807) is 0 Å². The van der Waals surface area contributed by atoms with Crippen LogP contribution in [0, 0.1) is 0 Å². The highest BCUT2D eigenvalue weighted by Gasteiger charge is 2.53. The van der Waals surface area contributed by atoms with Crippen molar-refractivity contribution in [1.82, 2.24) is 0 Å². The highest BCUT2D eigenvalue weighted by atomic mass is 33.1. The first-order valence-electron chi connectivity index (χ1n) is 6.34. The molecular formula is C12H16O7S2. The van der Waals surface area contributed by atoms with E-state index < -0.39 is 47.8 Å². The Bertz CT molecular complexity index is 411. The van der Waals surface area contributed by atoms with E-state index >= 15 is 0 Å². The lowest BCUT2D eigenvalue weighted by Gasteiger charge is -2.46. The highest BCUT2D eigenvalue weighted by molar-refractivity contribution is 8.77. The van der Waals surface area contributed by atoms with Gasteiger partial charge < -0.3 is 18.9 Å². The highest BCUT2D eigenvalue weighted by Crippen LogP contribution is 2.44. The number of hydrogen-bond donors (Lipinski definition) is 0. The van der Waals surface area contributed by atoms with Gasteiger partial charge in [-0.1, -0.05) is 21.6 Å². The van der Waals surface area contributed by atoms with Crippen LogP contribution in [0.4, 0.5) is 0 Å². The van der Waals surface area contributed by atoms with Crippen LogP contribution >= 0.6 is 21.6 Å². The van der Waals surface area contributed by atoms with Crippen molar-refractivity contribution in [3.8, 4) is 0 Å². The number of carbonyl (C=O) groups is 3. The lowest BCUT2D eigenvalue weighted by molar-refractivity contribution is -0.228. The topological polar surface area (TPSA) is 88.1 Å². The summed E-state index contributed by atoms with van der Waals surface area (Å²) in [6, 6.07) is 0. The second kappa shape index (κ2) is 6.89. The number of esters is 3. The van der Waals surface area contributed by atoms with Crippen LogP contribution < -0.4 is 0 Å². The van der Waals surface area contributed by atoms with Crippen LogP contribution in [-0.4, -0.2) is 53.5 Å². The number of fused-ring (bicyclic) bond motifs is 2. The van der Waals surface area contributed by atoms with Gasteiger partial charge in [-0.15, -0.1) is 0 Å². The molecule has 2 saturated heterocycles. The summed E-state index contributed by atoms with van der Waals surface area (Å²) in [5.41, 5.74) is -0.464. The van der Waals surface area contributed by atoms with Gasteiger partial charge >= 0.3 is 17.9 Å². The Labute approximate surface area is 129 Å². The molecule has 0 amide bonds. The van der Waals surface area contributed by atoms with Gasteiger partial charge in [0.1, 0.15) is 6.10 Å². The van der Waals surface area contributed by atoms with E-state index in [1.165, 1.54) is 42.4 Å². The lowest BCUT2D eigenvalue weighted by atomic mass is 10.00. The summed E-state index contributed by atoms with van der Waals surface area (Å²) in [4.78, 5) is 33.9. The van der Waals surface area contributed by atoms with Crippen molar-refractivity contribution in [3.05, 3.63) is 0 Å². The minimum atomic E-state index is -0.868. The monoisotopic (exact) mass is 336 g/mol. The maximum absolute atomic E-state index is 11.3. The summed E-state index contributed by atoms with van der Waals surface area (Å²) in [6.45, 7) is 3.78. The fraction of sp³-hybridized carbons (Fsp3) is 0.750. The zero-order valence-corrected chi connectivity index (χ0v) is 13.4. The van der Waals surface area contributed by atoms with Crippen LogP contribution in [0.1, 0.15) is 20.8 Å². The Morgan fingerprint density at radius 1 is 0.905 bits per heavy atom. The van der Waals surface area contributed by atoms with Gasteiger partial charge in [-0.05, 0) is 0 Å². The maximum atomic E-state index is 11.3. The first-order chi connectivity index (χ1) is 9.88. The van der Waals surface area contributed by atoms with Gasteiger partial charge in [0.05, 0.1) is 0 Å². The summed E-state index contributed by atoms with van der Waals surface area (Å²) in [5, 5.41) is 0. The minimum absolute atomic E-state index is 0.402. The Hall–Kier alpha value is -0.930. The van der Waals surface area contributed by atoms with Crippen LogP contribution in [0.3, 0.4) is 0 Å². The molecule has 0 spiro atoms. The number of hydrogen-bond acceptors (Lipinski definition) is 9. The van der Waals surface area contributed by atoms with Crippen LogP contribution in [0.5, 0.6) is 0 Å². The van der Waals surface area contributed by atoms with Crippen LogP contribution in [0.15, 0.2) is 0 Å². The van der Waals surface area contributed by atoms with Gasteiger partial charge in [-0.2, -0.15) is 0 Å². The van der Waals surface area contributed by atoms with E-state index in [-0.39, 0.29) is 0 Å². The molecular weight excluding hydrogens is 320 g/mol. The molecule has 0 aliphatic carbocycles. The molecule has 2 aliphatic rings. The molecule has 9 heteroatoms. The summed E-state index contributed by atoms with van der Waals surface area (Å²) in [6.07, 6.45) is -2.88. The standard InChI is InChI=1S/C12H16O7S2/c1-5(13)16-9-8-4-20-21-12(19-8)11(18-7(3)15)10(9)17-6(2)14/h8-12H,4H2,1-3H3/t8-,9-,10+,11+,12+/m1/s1. The second-order valence-corrected chi connectivity index (χ2v) is 7.16. The molecule has 2 bridgehead atoms. The second-order valence-electron chi connectivity index (χ2n) is 4.65. The zero-order valence-electron chi connectivity index (χ0n) is 11.8.